The maximum atomic E-state index is 11.5. The van der Waals surface area contributed by atoms with Gasteiger partial charge in [-0.3, -0.25) is 9.89 Å². The van der Waals surface area contributed by atoms with Crippen LogP contribution >= 0.6 is 0 Å². The third kappa shape index (κ3) is 2.24. The van der Waals surface area contributed by atoms with Crippen LogP contribution in [0, 0.1) is 0 Å². The van der Waals surface area contributed by atoms with Crippen LogP contribution in [0.5, 0.6) is 0 Å². The first-order valence-electron chi connectivity index (χ1n) is 6.56. The molecule has 0 bridgehead atoms. The molecular weight excluding hydrogens is 258 g/mol. The molecule has 20 heavy (non-hydrogen) atoms. The molecule has 106 valence electrons. The van der Waals surface area contributed by atoms with E-state index >= 15 is 0 Å². The summed E-state index contributed by atoms with van der Waals surface area (Å²) in [5, 5.41) is 14.0. The van der Waals surface area contributed by atoms with Crippen LogP contribution in [0.2, 0.25) is 0 Å². The Balaban J connectivity index is 1.86. The summed E-state index contributed by atoms with van der Waals surface area (Å²) in [5.41, 5.74) is 0.687. The van der Waals surface area contributed by atoms with E-state index in [0.29, 0.717) is 24.6 Å². The third-order valence-electron chi connectivity index (χ3n) is 3.50. The maximum Gasteiger partial charge on any atom is 0.226 e. The predicted octanol–water partition coefficient (Wildman–Crippen LogP) is 0.427. The molecule has 3 rings (SSSR count). The topological polar surface area (TPSA) is 98.8 Å². The molecule has 1 saturated heterocycles. The maximum absolute atomic E-state index is 11.5. The number of piperidine rings is 1. The first-order valence-corrected chi connectivity index (χ1v) is 6.56. The number of carbonyl (C=O) groups is 1. The monoisotopic (exact) mass is 275 g/mol. The van der Waals surface area contributed by atoms with Gasteiger partial charge in [0.25, 0.3) is 0 Å². The van der Waals surface area contributed by atoms with Crippen molar-refractivity contribution >= 4 is 28.7 Å². The number of anilines is 2. The highest BCUT2D eigenvalue weighted by molar-refractivity contribution is 5.87. The van der Waals surface area contributed by atoms with Gasteiger partial charge in [0.15, 0.2) is 5.65 Å². The number of aromatic amines is 1. The van der Waals surface area contributed by atoms with Crippen molar-refractivity contribution in [3.63, 3.8) is 0 Å². The fourth-order valence-electron chi connectivity index (χ4n) is 2.38. The van der Waals surface area contributed by atoms with E-state index in [-0.39, 0.29) is 11.9 Å². The normalized spacial score (nSPS) is 19.4. The molecule has 0 aromatic carbocycles. The van der Waals surface area contributed by atoms with Crippen LogP contribution < -0.4 is 10.6 Å². The highest BCUT2D eigenvalue weighted by Gasteiger charge is 2.23. The van der Waals surface area contributed by atoms with Gasteiger partial charge in [0.2, 0.25) is 11.9 Å². The second kappa shape index (κ2) is 4.95. The van der Waals surface area contributed by atoms with Crippen LogP contribution in [0.25, 0.3) is 11.0 Å². The van der Waals surface area contributed by atoms with Crippen LogP contribution in [-0.4, -0.2) is 57.7 Å². The number of H-pyrrole nitrogens is 1. The van der Waals surface area contributed by atoms with Gasteiger partial charge in [-0.15, -0.1) is 0 Å². The minimum atomic E-state index is 0.190. The highest BCUT2D eigenvalue weighted by Crippen LogP contribution is 2.22. The molecule has 1 unspecified atom stereocenters. The lowest BCUT2D eigenvalue weighted by atomic mass is 10.1. The smallest absolute Gasteiger partial charge is 0.226 e. The standard InChI is InChI=1S/C12H17N7O/c1-13-12-16-10(8-5-14-18-11(8)17-12)15-7-3-4-9(20)19(2)6-7/h5,7H,3-4,6H2,1-2H3,(H3,13,14,15,16,17,18). The minimum absolute atomic E-state index is 0.190. The van der Waals surface area contributed by atoms with E-state index in [9.17, 15) is 4.79 Å². The summed E-state index contributed by atoms with van der Waals surface area (Å²) in [4.78, 5) is 22.0. The number of likely N-dealkylation sites (tertiary alicyclic amines) is 1. The number of nitrogens with zero attached hydrogens (tertiary/aromatic N) is 4. The minimum Gasteiger partial charge on any atom is -0.365 e. The van der Waals surface area contributed by atoms with Crippen LogP contribution in [-0.2, 0) is 4.79 Å². The molecule has 2 aromatic rings. The fraction of sp³-hybridized carbons (Fsp3) is 0.500. The molecule has 2 aromatic heterocycles. The number of hydrogen-bond donors (Lipinski definition) is 3. The van der Waals surface area contributed by atoms with Gasteiger partial charge in [0.1, 0.15) is 5.82 Å². The van der Waals surface area contributed by atoms with Crippen molar-refractivity contribution in [1.29, 1.82) is 0 Å². The Bertz CT molecular complexity index is 638. The first-order chi connectivity index (χ1) is 9.67. The van der Waals surface area contributed by atoms with Crippen molar-refractivity contribution < 1.29 is 4.79 Å². The van der Waals surface area contributed by atoms with Crippen molar-refractivity contribution in [1.82, 2.24) is 25.1 Å². The van der Waals surface area contributed by atoms with Gasteiger partial charge in [-0.1, -0.05) is 0 Å². The molecule has 0 radical (unpaired) electrons. The summed E-state index contributed by atoms with van der Waals surface area (Å²) in [6, 6.07) is 0.190. The summed E-state index contributed by atoms with van der Waals surface area (Å²) in [6.07, 6.45) is 3.07. The van der Waals surface area contributed by atoms with E-state index in [1.807, 2.05) is 7.05 Å². The lowest BCUT2D eigenvalue weighted by molar-refractivity contribution is -0.132. The van der Waals surface area contributed by atoms with Crippen molar-refractivity contribution in [3.8, 4) is 0 Å². The molecule has 1 fully saturated rings. The van der Waals surface area contributed by atoms with Crippen molar-refractivity contribution in [2.24, 2.45) is 0 Å². The molecule has 0 saturated carbocycles. The number of rotatable bonds is 3. The second-order valence-corrected chi connectivity index (χ2v) is 4.93. The molecule has 0 spiro atoms. The average molecular weight is 275 g/mol. The summed E-state index contributed by atoms with van der Waals surface area (Å²) in [7, 11) is 3.59. The van der Waals surface area contributed by atoms with Crippen LogP contribution in [0.1, 0.15) is 12.8 Å². The molecule has 8 nitrogen and oxygen atoms in total. The zero-order valence-electron chi connectivity index (χ0n) is 11.5. The molecule has 0 aliphatic carbocycles. The summed E-state index contributed by atoms with van der Waals surface area (Å²) < 4.78 is 0. The summed E-state index contributed by atoms with van der Waals surface area (Å²) in [6.45, 7) is 0.678. The predicted molar refractivity (Wildman–Crippen MR) is 75.5 cm³/mol. The van der Waals surface area contributed by atoms with E-state index in [4.69, 9.17) is 0 Å². The van der Waals surface area contributed by atoms with Gasteiger partial charge in [-0.2, -0.15) is 15.1 Å². The highest BCUT2D eigenvalue weighted by atomic mass is 16.2. The van der Waals surface area contributed by atoms with E-state index in [1.54, 1.807) is 18.1 Å². The largest absolute Gasteiger partial charge is 0.365 e. The van der Waals surface area contributed by atoms with Crippen molar-refractivity contribution in [2.75, 3.05) is 31.3 Å². The van der Waals surface area contributed by atoms with Gasteiger partial charge in [-0.25, -0.2) is 0 Å². The Kier molecular flexibility index (Phi) is 3.13. The number of carbonyl (C=O) groups excluding carboxylic acids is 1. The molecule has 3 N–H and O–H groups in total. The number of amides is 1. The van der Waals surface area contributed by atoms with E-state index in [1.165, 1.54) is 0 Å². The Morgan fingerprint density at radius 2 is 2.30 bits per heavy atom. The fourth-order valence-corrected chi connectivity index (χ4v) is 2.38. The first kappa shape index (κ1) is 12.6. The lowest BCUT2D eigenvalue weighted by Gasteiger charge is -2.30. The van der Waals surface area contributed by atoms with Crippen molar-refractivity contribution in [3.05, 3.63) is 6.20 Å². The number of likely N-dealkylation sites (N-methyl/N-ethyl adjacent to an activating group) is 1. The molecule has 1 aliphatic rings. The van der Waals surface area contributed by atoms with Gasteiger partial charge >= 0.3 is 0 Å². The van der Waals surface area contributed by atoms with Crippen LogP contribution in [0.3, 0.4) is 0 Å². The number of aromatic nitrogens is 4. The van der Waals surface area contributed by atoms with Gasteiger partial charge in [0.05, 0.1) is 11.6 Å². The Morgan fingerprint density at radius 3 is 3.05 bits per heavy atom. The SMILES string of the molecule is CNc1nc(NC2CCC(=O)N(C)C2)c2cn[nH]c2n1. The molecular formula is C12H17N7O. The van der Waals surface area contributed by atoms with Gasteiger partial charge < -0.3 is 15.5 Å². The summed E-state index contributed by atoms with van der Waals surface area (Å²) >= 11 is 0. The second-order valence-electron chi connectivity index (χ2n) is 4.93. The lowest BCUT2D eigenvalue weighted by Crippen LogP contribution is -2.43. The molecule has 3 heterocycles. The zero-order chi connectivity index (χ0) is 14.1. The number of nitrogens with one attached hydrogen (secondary N) is 3. The number of hydrogen-bond acceptors (Lipinski definition) is 6. The molecule has 8 heteroatoms. The van der Waals surface area contributed by atoms with Gasteiger partial charge in [-0.05, 0) is 6.42 Å². The Morgan fingerprint density at radius 1 is 1.45 bits per heavy atom. The summed E-state index contributed by atoms with van der Waals surface area (Å²) in [5.74, 6) is 1.46. The third-order valence-corrected chi connectivity index (χ3v) is 3.50. The zero-order valence-corrected chi connectivity index (χ0v) is 11.5. The Labute approximate surface area is 116 Å². The van der Waals surface area contributed by atoms with Crippen LogP contribution in [0.4, 0.5) is 11.8 Å². The molecule has 1 amide bonds. The van der Waals surface area contributed by atoms with Crippen molar-refractivity contribution in [2.45, 2.75) is 18.9 Å². The average Bonchev–Trinajstić information content (AvgIpc) is 2.91. The van der Waals surface area contributed by atoms with E-state index in [2.05, 4.69) is 30.8 Å². The van der Waals surface area contributed by atoms with E-state index in [0.717, 1.165) is 17.6 Å². The number of fused-ring (bicyclic) bond motifs is 1. The van der Waals surface area contributed by atoms with Gasteiger partial charge in [0, 0.05) is 33.1 Å². The quantitative estimate of drug-likeness (QED) is 0.751. The van der Waals surface area contributed by atoms with E-state index < -0.39 is 0 Å². The van der Waals surface area contributed by atoms with Crippen LogP contribution in [0.15, 0.2) is 6.20 Å². The Hall–Kier alpha value is -2.38. The molecule has 1 aliphatic heterocycles. The molecule has 1 atom stereocenters.